The first kappa shape index (κ1) is 14.1. The van der Waals surface area contributed by atoms with E-state index in [0.717, 1.165) is 24.0 Å². The summed E-state index contributed by atoms with van der Waals surface area (Å²) in [5, 5.41) is 3.20. The minimum Gasteiger partial charge on any atom is -0.356 e. The summed E-state index contributed by atoms with van der Waals surface area (Å²) in [6.45, 7) is 7.26. The number of rotatable bonds is 4. The number of hydrogen-bond acceptors (Lipinski definition) is 5. The lowest BCUT2D eigenvalue weighted by Gasteiger charge is -2.35. The van der Waals surface area contributed by atoms with Gasteiger partial charge in [0.25, 0.3) is 0 Å². The van der Waals surface area contributed by atoms with Crippen LogP contribution in [0.15, 0.2) is 6.07 Å². The molecule has 1 aromatic heterocycles. The molecule has 19 heavy (non-hydrogen) atoms. The molecular formula is C14H25N5. The van der Waals surface area contributed by atoms with Crippen molar-refractivity contribution in [2.75, 3.05) is 43.9 Å². The summed E-state index contributed by atoms with van der Waals surface area (Å²) in [5.41, 5.74) is 1.01. The normalized spacial score (nSPS) is 17.5. The zero-order valence-corrected chi connectivity index (χ0v) is 12.5. The Morgan fingerprint density at radius 3 is 2.68 bits per heavy atom. The third-order valence-corrected chi connectivity index (χ3v) is 3.77. The van der Waals surface area contributed by atoms with Crippen molar-refractivity contribution in [1.29, 1.82) is 0 Å². The van der Waals surface area contributed by atoms with Gasteiger partial charge in [-0.05, 0) is 46.8 Å². The van der Waals surface area contributed by atoms with Crippen LogP contribution >= 0.6 is 0 Å². The average molecular weight is 263 g/mol. The average Bonchev–Trinajstić information content (AvgIpc) is 2.38. The fourth-order valence-electron chi connectivity index (χ4n) is 2.54. The van der Waals surface area contributed by atoms with Crippen LogP contribution < -0.4 is 10.2 Å². The number of nitrogens with zero attached hydrogens (tertiary/aromatic N) is 4. The quantitative estimate of drug-likeness (QED) is 0.896. The minimum absolute atomic E-state index is 0.583. The molecule has 0 radical (unpaired) electrons. The summed E-state index contributed by atoms with van der Waals surface area (Å²) in [7, 11) is 4.34. The van der Waals surface area contributed by atoms with Crippen molar-refractivity contribution >= 4 is 11.8 Å². The monoisotopic (exact) mass is 263 g/mol. The van der Waals surface area contributed by atoms with Crippen LogP contribution in [-0.4, -0.2) is 54.6 Å². The molecule has 0 spiro atoms. The number of piperidine rings is 1. The summed E-state index contributed by atoms with van der Waals surface area (Å²) in [6.07, 6.45) is 2.40. The Labute approximate surface area is 116 Å². The van der Waals surface area contributed by atoms with Crippen molar-refractivity contribution in [1.82, 2.24) is 14.9 Å². The Bertz CT molecular complexity index is 412. The van der Waals surface area contributed by atoms with Gasteiger partial charge in [0.05, 0.1) is 0 Å². The molecule has 106 valence electrons. The van der Waals surface area contributed by atoms with Crippen molar-refractivity contribution in [3.63, 3.8) is 0 Å². The SMILES string of the molecule is CCNc1nc(C)cc(N(C)C2CCN(C)CC2)n1. The van der Waals surface area contributed by atoms with Crippen molar-refractivity contribution in [3.05, 3.63) is 11.8 Å². The minimum atomic E-state index is 0.583. The third kappa shape index (κ3) is 3.56. The van der Waals surface area contributed by atoms with Gasteiger partial charge in [0, 0.05) is 31.4 Å². The van der Waals surface area contributed by atoms with Crippen LogP contribution in [-0.2, 0) is 0 Å². The van der Waals surface area contributed by atoms with E-state index in [9.17, 15) is 0 Å². The van der Waals surface area contributed by atoms with E-state index in [1.165, 1.54) is 25.9 Å². The Hall–Kier alpha value is -1.36. The number of nitrogens with one attached hydrogen (secondary N) is 1. The van der Waals surface area contributed by atoms with Crippen LogP contribution in [0, 0.1) is 6.92 Å². The Morgan fingerprint density at radius 2 is 2.05 bits per heavy atom. The lowest BCUT2D eigenvalue weighted by Crippen LogP contribution is -2.42. The maximum Gasteiger partial charge on any atom is 0.224 e. The standard InChI is InChI=1S/C14H25N5/c1-5-15-14-16-11(2)10-13(17-14)19(4)12-6-8-18(3)9-7-12/h10,12H,5-9H2,1-4H3,(H,15,16,17). The summed E-state index contributed by atoms with van der Waals surface area (Å²) >= 11 is 0. The van der Waals surface area contributed by atoms with Crippen LogP contribution in [0.1, 0.15) is 25.5 Å². The van der Waals surface area contributed by atoms with Gasteiger partial charge < -0.3 is 15.1 Å². The molecule has 1 aliphatic heterocycles. The number of aromatic nitrogens is 2. The number of anilines is 2. The van der Waals surface area contributed by atoms with Gasteiger partial charge in [0.15, 0.2) is 0 Å². The molecule has 0 unspecified atom stereocenters. The van der Waals surface area contributed by atoms with Gasteiger partial charge in [-0.3, -0.25) is 0 Å². The maximum absolute atomic E-state index is 4.61. The summed E-state index contributed by atoms with van der Waals surface area (Å²) in [6, 6.07) is 2.65. The molecule has 0 aliphatic carbocycles. The van der Waals surface area contributed by atoms with E-state index in [-0.39, 0.29) is 0 Å². The number of hydrogen-bond donors (Lipinski definition) is 1. The molecule has 5 nitrogen and oxygen atoms in total. The molecular weight excluding hydrogens is 238 g/mol. The van der Waals surface area contributed by atoms with Crippen LogP contribution in [0.3, 0.4) is 0 Å². The zero-order valence-electron chi connectivity index (χ0n) is 12.5. The van der Waals surface area contributed by atoms with E-state index in [0.29, 0.717) is 6.04 Å². The second-order valence-electron chi connectivity index (χ2n) is 5.37. The molecule has 0 amide bonds. The molecule has 0 saturated carbocycles. The Kier molecular flexibility index (Phi) is 4.58. The van der Waals surface area contributed by atoms with Gasteiger partial charge in [-0.15, -0.1) is 0 Å². The van der Waals surface area contributed by atoms with Crippen LogP contribution in [0.2, 0.25) is 0 Å². The molecule has 1 saturated heterocycles. The summed E-state index contributed by atoms with van der Waals surface area (Å²) < 4.78 is 0. The lowest BCUT2D eigenvalue weighted by atomic mass is 10.0. The van der Waals surface area contributed by atoms with Gasteiger partial charge in [-0.25, -0.2) is 4.98 Å². The molecule has 2 heterocycles. The van der Waals surface area contributed by atoms with Crippen LogP contribution in [0.5, 0.6) is 0 Å². The smallest absolute Gasteiger partial charge is 0.224 e. The molecule has 1 fully saturated rings. The number of likely N-dealkylation sites (tertiary alicyclic amines) is 1. The molecule has 0 aromatic carbocycles. The Balaban J connectivity index is 2.11. The van der Waals surface area contributed by atoms with Gasteiger partial charge in [-0.2, -0.15) is 4.98 Å². The topological polar surface area (TPSA) is 44.3 Å². The summed E-state index contributed by atoms with van der Waals surface area (Å²) in [5.74, 6) is 1.76. The molecule has 1 aromatic rings. The molecule has 0 atom stereocenters. The van der Waals surface area contributed by atoms with Crippen LogP contribution in [0.4, 0.5) is 11.8 Å². The summed E-state index contributed by atoms with van der Waals surface area (Å²) in [4.78, 5) is 13.7. The van der Waals surface area contributed by atoms with Crippen molar-refractivity contribution in [2.45, 2.75) is 32.7 Å². The lowest BCUT2D eigenvalue weighted by molar-refractivity contribution is 0.252. The van der Waals surface area contributed by atoms with E-state index in [4.69, 9.17) is 0 Å². The molecule has 1 N–H and O–H groups in total. The van der Waals surface area contributed by atoms with E-state index >= 15 is 0 Å². The molecule has 0 bridgehead atoms. The predicted molar refractivity (Wildman–Crippen MR) is 79.9 cm³/mol. The second kappa shape index (κ2) is 6.19. The highest BCUT2D eigenvalue weighted by Crippen LogP contribution is 2.21. The zero-order chi connectivity index (χ0) is 13.8. The van der Waals surface area contributed by atoms with Crippen LogP contribution in [0.25, 0.3) is 0 Å². The number of aryl methyl sites for hydroxylation is 1. The first-order chi connectivity index (χ1) is 9.10. The van der Waals surface area contributed by atoms with Crippen molar-refractivity contribution < 1.29 is 0 Å². The molecule has 5 heteroatoms. The predicted octanol–water partition coefficient (Wildman–Crippen LogP) is 1.75. The molecule has 2 rings (SSSR count). The van der Waals surface area contributed by atoms with E-state index in [1.54, 1.807) is 0 Å². The third-order valence-electron chi connectivity index (χ3n) is 3.77. The second-order valence-corrected chi connectivity index (χ2v) is 5.37. The van der Waals surface area contributed by atoms with Gasteiger partial charge in [-0.1, -0.05) is 0 Å². The fourth-order valence-corrected chi connectivity index (χ4v) is 2.54. The van der Waals surface area contributed by atoms with Gasteiger partial charge in [0.2, 0.25) is 5.95 Å². The van der Waals surface area contributed by atoms with Crippen molar-refractivity contribution in [3.8, 4) is 0 Å². The van der Waals surface area contributed by atoms with E-state index in [1.807, 2.05) is 6.92 Å². The van der Waals surface area contributed by atoms with E-state index < -0.39 is 0 Å². The van der Waals surface area contributed by atoms with E-state index in [2.05, 4.69) is 52.2 Å². The highest BCUT2D eigenvalue weighted by molar-refractivity contribution is 5.45. The Morgan fingerprint density at radius 1 is 1.37 bits per heavy atom. The van der Waals surface area contributed by atoms with Crippen molar-refractivity contribution in [2.24, 2.45) is 0 Å². The highest BCUT2D eigenvalue weighted by atomic mass is 15.2. The maximum atomic E-state index is 4.61. The van der Waals surface area contributed by atoms with Gasteiger partial charge >= 0.3 is 0 Å². The molecule has 1 aliphatic rings. The first-order valence-electron chi connectivity index (χ1n) is 7.11. The fraction of sp³-hybridized carbons (Fsp3) is 0.714. The first-order valence-corrected chi connectivity index (χ1v) is 7.11. The van der Waals surface area contributed by atoms with Gasteiger partial charge in [0.1, 0.15) is 5.82 Å². The highest BCUT2D eigenvalue weighted by Gasteiger charge is 2.22. The largest absolute Gasteiger partial charge is 0.356 e.